The fourth-order valence-electron chi connectivity index (χ4n) is 1.43. The highest BCUT2D eigenvalue weighted by Gasteiger charge is 2.06. The molecule has 18 heavy (non-hydrogen) atoms. The summed E-state index contributed by atoms with van der Waals surface area (Å²) in [7, 11) is 0. The molecule has 0 atom stereocenters. The van der Waals surface area contributed by atoms with E-state index >= 15 is 0 Å². The second-order valence-electron chi connectivity index (χ2n) is 3.67. The molecule has 0 saturated carbocycles. The van der Waals surface area contributed by atoms with Crippen molar-refractivity contribution in [2.75, 3.05) is 5.73 Å². The van der Waals surface area contributed by atoms with E-state index in [2.05, 4.69) is 9.97 Å². The van der Waals surface area contributed by atoms with Gasteiger partial charge in [-0.05, 0) is 12.1 Å². The Morgan fingerprint density at radius 3 is 2.89 bits per heavy atom. The molecule has 2 rings (SSSR count). The predicted molar refractivity (Wildman–Crippen MR) is 65.1 cm³/mol. The molecule has 1 heterocycles. The number of nitrogen functional groups attached to an aromatic ring is 1. The highest BCUT2D eigenvalue weighted by molar-refractivity contribution is 5.53. The summed E-state index contributed by atoms with van der Waals surface area (Å²) in [6.45, 7) is 1.86. The summed E-state index contributed by atoms with van der Waals surface area (Å²) in [5.74, 6) is 0.455. The molecule has 0 saturated heterocycles. The Bertz CT molecular complexity index is 625. The molecular weight excluding hydrogens is 237 g/mol. The van der Waals surface area contributed by atoms with Gasteiger partial charge in [0.2, 0.25) is 5.88 Å². The number of H-pyrrole nitrogens is 1. The van der Waals surface area contributed by atoms with E-state index in [1.807, 2.05) is 6.92 Å². The zero-order chi connectivity index (χ0) is 13.1. The average Bonchev–Trinajstić information content (AvgIpc) is 2.32. The maximum absolute atomic E-state index is 12.9. The summed E-state index contributed by atoms with van der Waals surface area (Å²) in [5.41, 5.74) is 5.44. The molecule has 2 aromatic rings. The summed E-state index contributed by atoms with van der Waals surface area (Å²) in [6.07, 6.45) is 0.575. The highest BCUT2D eigenvalue weighted by Crippen LogP contribution is 2.26. The first-order chi connectivity index (χ1) is 8.58. The number of aryl methyl sites for hydroxylation is 1. The summed E-state index contributed by atoms with van der Waals surface area (Å²) >= 11 is 0. The van der Waals surface area contributed by atoms with Gasteiger partial charge in [-0.15, -0.1) is 0 Å². The molecule has 1 aromatic heterocycles. The minimum atomic E-state index is -0.451. The van der Waals surface area contributed by atoms with E-state index in [1.165, 1.54) is 18.2 Å². The summed E-state index contributed by atoms with van der Waals surface area (Å²) in [6, 6.07) is 4.96. The average molecular weight is 249 g/mol. The van der Waals surface area contributed by atoms with Crippen molar-refractivity contribution in [3.63, 3.8) is 0 Å². The van der Waals surface area contributed by atoms with Crippen molar-refractivity contribution in [2.45, 2.75) is 13.3 Å². The first-order valence-corrected chi connectivity index (χ1v) is 5.41. The molecule has 1 aromatic carbocycles. The lowest BCUT2D eigenvalue weighted by Crippen LogP contribution is -2.10. The number of nitrogens with one attached hydrogen (secondary N) is 1. The van der Waals surface area contributed by atoms with Crippen LogP contribution >= 0.6 is 0 Å². The van der Waals surface area contributed by atoms with Crippen molar-refractivity contribution >= 4 is 5.69 Å². The standard InChI is InChI=1S/C12H12FN3O2/c1-2-10-15-11(17)6-12(16-10)18-9-4-3-7(13)5-8(9)14/h3-6H,2,14H2,1H3,(H,15,16,17). The molecule has 0 bridgehead atoms. The van der Waals surface area contributed by atoms with Gasteiger partial charge in [0, 0.05) is 12.5 Å². The van der Waals surface area contributed by atoms with E-state index in [0.29, 0.717) is 12.2 Å². The fraction of sp³-hybridized carbons (Fsp3) is 0.167. The maximum atomic E-state index is 12.9. The van der Waals surface area contributed by atoms with Crippen molar-refractivity contribution in [3.05, 3.63) is 46.3 Å². The van der Waals surface area contributed by atoms with Crippen molar-refractivity contribution in [1.82, 2.24) is 9.97 Å². The lowest BCUT2D eigenvalue weighted by Gasteiger charge is -2.07. The number of aromatic nitrogens is 2. The van der Waals surface area contributed by atoms with Crippen LogP contribution in [0.5, 0.6) is 11.6 Å². The molecule has 5 nitrogen and oxygen atoms in total. The van der Waals surface area contributed by atoms with Crippen LogP contribution in [0.1, 0.15) is 12.7 Å². The molecular formula is C12H12FN3O2. The van der Waals surface area contributed by atoms with Crippen LogP contribution in [0.4, 0.5) is 10.1 Å². The van der Waals surface area contributed by atoms with Crippen LogP contribution in [0.2, 0.25) is 0 Å². The number of hydrogen-bond acceptors (Lipinski definition) is 4. The molecule has 0 spiro atoms. The molecule has 0 aliphatic rings. The monoisotopic (exact) mass is 249 g/mol. The number of benzene rings is 1. The third-order valence-electron chi connectivity index (χ3n) is 2.29. The highest BCUT2D eigenvalue weighted by atomic mass is 19.1. The normalized spacial score (nSPS) is 10.3. The SMILES string of the molecule is CCc1nc(Oc2ccc(F)cc2N)cc(=O)[nH]1. The Balaban J connectivity index is 2.33. The number of nitrogens with zero attached hydrogens (tertiary/aromatic N) is 1. The number of ether oxygens (including phenoxy) is 1. The van der Waals surface area contributed by atoms with E-state index in [9.17, 15) is 9.18 Å². The van der Waals surface area contributed by atoms with Gasteiger partial charge < -0.3 is 15.5 Å². The number of aromatic amines is 1. The first-order valence-electron chi connectivity index (χ1n) is 5.41. The summed E-state index contributed by atoms with van der Waals surface area (Å²) < 4.78 is 18.2. The van der Waals surface area contributed by atoms with Gasteiger partial charge in [-0.25, -0.2) is 4.39 Å². The third-order valence-corrected chi connectivity index (χ3v) is 2.29. The number of halogens is 1. The maximum Gasteiger partial charge on any atom is 0.254 e. The van der Waals surface area contributed by atoms with E-state index in [4.69, 9.17) is 10.5 Å². The smallest absolute Gasteiger partial charge is 0.254 e. The lowest BCUT2D eigenvalue weighted by atomic mass is 10.3. The first kappa shape index (κ1) is 12.1. The largest absolute Gasteiger partial charge is 0.437 e. The second-order valence-corrected chi connectivity index (χ2v) is 3.67. The Morgan fingerprint density at radius 2 is 2.22 bits per heavy atom. The van der Waals surface area contributed by atoms with Crippen LogP contribution < -0.4 is 16.0 Å². The van der Waals surface area contributed by atoms with E-state index in [1.54, 1.807) is 0 Å². The zero-order valence-corrected chi connectivity index (χ0v) is 9.74. The Kier molecular flexibility index (Phi) is 3.27. The molecule has 0 aliphatic heterocycles. The van der Waals surface area contributed by atoms with Crippen molar-refractivity contribution < 1.29 is 9.13 Å². The van der Waals surface area contributed by atoms with Gasteiger partial charge in [-0.3, -0.25) is 4.79 Å². The van der Waals surface area contributed by atoms with Crippen molar-refractivity contribution in [1.29, 1.82) is 0 Å². The molecule has 0 aliphatic carbocycles. The van der Waals surface area contributed by atoms with Gasteiger partial charge in [-0.1, -0.05) is 6.92 Å². The van der Waals surface area contributed by atoms with Crippen LogP contribution in [0, 0.1) is 5.82 Å². The minimum Gasteiger partial charge on any atom is -0.437 e. The topological polar surface area (TPSA) is 81.0 Å². The van der Waals surface area contributed by atoms with Crippen LogP contribution in [-0.2, 0) is 6.42 Å². The Morgan fingerprint density at radius 1 is 1.44 bits per heavy atom. The molecule has 0 fully saturated rings. The quantitative estimate of drug-likeness (QED) is 0.813. The molecule has 0 amide bonds. The van der Waals surface area contributed by atoms with Crippen molar-refractivity contribution in [3.8, 4) is 11.6 Å². The molecule has 0 radical (unpaired) electrons. The predicted octanol–water partition coefficient (Wildman–Crippen LogP) is 1.85. The molecule has 3 N–H and O–H groups in total. The van der Waals surface area contributed by atoms with Crippen molar-refractivity contribution in [2.24, 2.45) is 0 Å². The number of nitrogens with two attached hydrogens (primary N) is 1. The van der Waals surface area contributed by atoms with Gasteiger partial charge in [-0.2, -0.15) is 4.98 Å². The Labute approximate surface area is 102 Å². The van der Waals surface area contributed by atoms with E-state index < -0.39 is 5.82 Å². The van der Waals surface area contributed by atoms with Crippen LogP contribution in [0.25, 0.3) is 0 Å². The van der Waals surface area contributed by atoms with Crippen LogP contribution in [-0.4, -0.2) is 9.97 Å². The van der Waals surface area contributed by atoms with E-state index in [0.717, 1.165) is 6.07 Å². The van der Waals surface area contributed by atoms with Crippen LogP contribution in [0.15, 0.2) is 29.1 Å². The number of hydrogen-bond donors (Lipinski definition) is 2. The van der Waals surface area contributed by atoms with Gasteiger partial charge in [0.25, 0.3) is 5.56 Å². The second kappa shape index (κ2) is 4.87. The summed E-state index contributed by atoms with van der Waals surface area (Å²) in [4.78, 5) is 18.0. The van der Waals surface area contributed by atoms with Gasteiger partial charge in [0.15, 0.2) is 5.75 Å². The van der Waals surface area contributed by atoms with Gasteiger partial charge in [0.05, 0.1) is 11.8 Å². The molecule has 94 valence electrons. The zero-order valence-electron chi connectivity index (χ0n) is 9.74. The van der Waals surface area contributed by atoms with Gasteiger partial charge in [0.1, 0.15) is 11.6 Å². The fourth-order valence-corrected chi connectivity index (χ4v) is 1.43. The Hall–Kier alpha value is -2.37. The number of anilines is 1. The van der Waals surface area contributed by atoms with Crippen LogP contribution in [0.3, 0.4) is 0 Å². The summed E-state index contributed by atoms with van der Waals surface area (Å²) in [5, 5.41) is 0. The third kappa shape index (κ3) is 2.65. The van der Waals surface area contributed by atoms with Gasteiger partial charge >= 0.3 is 0 Å². The van der Waals surface area contributed by atoms with E-state index in [-0.39, 0.29) is 22.9 Å². The lowest BCUT2D eigenvalue weighted by molar-refractivity contribution is 0.458. The number of rotatable bonds is 3. The molecule has 0 unspecified atom stereocenters. The molecule has 6 heteroatoms. The minimum absolute atomic E-state index is 0.133.